The summed E-state index contributed by atoms with van der Waals surface area (Å²) in [5.74, 6) is -0.496. The molecule has 0 saturated heterocycles. The molecular weight excluding hydrogens is 184 g/mol. The number of hydrogen-bond donors (Lipinski definition) is 2. The van der Waals surface area contributed by atoms with Crippen LogP contribution in [-0.2, 0) is 17.9 Å². The molecule has 0 aliphatic carbocycles. The first kappa shape index (κ1) is 10.9. The molecule has 1 aromatic rings. The average molecular weight is 193 g/mol. The van der Waals surface area contributed by atoms with Crippen molar-refractivity contribution in [2.75, 3.05) is 0 Å². The number of nitrogens with zero attached hydrogens (tertiary/aromatic N) is 3. The maximum Gasteiger partial charge on any atom is 0.325 e. The highest BCUT2D eigenvalue weighted by Gasteiger charge is 2.01. The molecule has 12 heavy (non-hydrogen) atoms. The molecule has 1 rings (SSSR count). The van der Waals surface area contributed by atoms with Crippen molar-refractivity contribution in [3.05, 3.63) is 12.2 Å². The molecule has 0 radical (unpaired) electrons. The van der Waals surface area contributed by atoms with Crippen LogP contribution in [0.15, 0.2) is 6.33 Å². The Morgan fingerprint density at radius 2 is 2.42 bits per heavy atom. The first-order chi connectivity index (χ1) is 5.22. The molecule has 0 fully saturated rings. The predicted molar refractivity (Wildman–Crippen MR) is 42.8 cm³/mol. The molecule has 0 atom stereocenters. The van der Waals surface area contributed by atoms with Crippen LogP contribution in [0.1, 0.15) is 5.82 Å². The number of hydrogen-bond acceptors (Lipinski definition) is 4. The van der Waals surface area contributed by atoms with Crippen LogP contribution in [0.3, 0.4) is 0 Å². The van der Waals surface area contributed by atoms with Gasteiger partial charge in [-0.1, -0.05) is 0 Å². The lowest BCUT2D eigenvalue weighted by Crippen LogP contribution is -2.09. The zero-order valence-corrected chi connectivity index (χ0v) is 6.99. The van der Waals surface area contributed by atoms with Crippen LogP contribution in [-0.4, -0.2) is 25.8 Å². The van der Waals surface area contributed by atoms with Crippen molar-refractivity contribution in [2.24, 2.45) is 5.73 Å². The Kier molecular flexibility index (Phi) is 4.24. The quantitative estimate of drug-likeness (QED) is 0.657. The number of nitrogens with two attached hydrogens (primary N) is 1. The van der Waals surface area contributed by atoms with Crippen LogP contribution >= 0.6 is 12.4 Å². The maximum absolute atomic E-state index is 10.1. The molecule has 0 bridgehead atoms. The van der Waals surface area contributed by atoms with Crippen LogP contribution < -0.4 is 5.73 Å². The Bertz CT molecular complexity index is 262. The van der Waals surface area contributed by atoms with Gasteiger partial charge in [-0.3, -0.25) is 4.79 Å². The van der Waals surface area contributed by atoms with Gasteiger partial charge >= 0.3 is 5.97 Å². The van der Waals surface area contributed by atoms with E-state index in [9.17, 15) is 4.79 Å². The largest absolute Gasteiger partial charge is 0.480 e. The number of aliphatic carboxylic acids is 1. The van der Waals surface area contributed by atoms with Gasteiger partial charge in [0, 0.05) is 0 Å². The zero-order chi connectivity index (χ0) is 8.27. The fourth-order valence-corrected chi connectivity index (χ4v) is 0.641. The van der Waals surface area contributed by atoms with Crippen LogP contribution in [0.2, 0.25) is 0 Å². The maximum atomic E-state index is 10.1. The van der Waals surface area contributed by atoms with Gasteiger partial charge in [0.2, 0.25) is 0 Å². The summed E-state index contributed by atoms with van der Waals surface area (Å²) in [6, 6.07) is 0. The van der Waals surface area contributed by atoms with Gasteiger partial charge in [-0.15, -0.1) is 12.4 Å². The van der Waals surface area contributed by atoms with E-state index in [0.717, 1.165) is 0 Å². The molecule has 0 saturated carbocycles. The summed E-state index contributed by atoms with van der Waals surface area (Å²) in [6.07, 6.45) is 1.34. The molecule has 6 nitrogen and oxygen atoms in total. The standard InChI is InChI=1S/C5H8N4O2.ClH/c6-1-4-7-3-9(8-4)2-5(10)11;/h3H,1-2,6H2,(H,10,11);1H. The van der Waals surface area contributed by atoms with E-state index < -0.39 is 5.97 Å². The van der Waals surface area contributed by atoms with Gasteiger partial charge in [-0.25, -0.2) is 9.67 Å². The molecular formula is C5H9ClN4O2. The van der Waals surface area contributed by atoms with E-state index >= 15 is 0 Å². The Labute approximate surface area is 74.8 Å². The lowest BCUT2D eigenvalue weighted by Gasteiger charge is -1.91. The number of carboxylic acids is 1. The van der Waals surface area contributed by atoms with Crippen molar-refractivity contribution in [3.63, 3.8) is 0 Å². The molecule has 0 unspecified atom stereocenters. The average Bonchev–Trinajstić information content (AvgIpc) is 2.34. The number of carbonyl (C=O) groups is 1. The summed E-state index contributed by atoms with van der Waals surface area (Å²) >= 11 is 0. The Morgan fingerprint density at radius 1 is 1.75 bits per heavy atom. The van der Waals surface area contributed by atoms with E-state index in [1.165, 1.54) is 11.0 Å². The van der Waals surface area contributed by atoms with Gasteiger partial charge in [-0.05, 0) is 0 Å². The molecule has 7 heteroatoms. The van der Waals surface area contributed by atoms with Crippen molar-refractivity contribution >= 4 is 18.4 Å². The minimum atomic E-state index is -0.946. The van der Waals surface area contributed by atoms with Gasteiger partial charge < -0.3 is 10.8 Å². The summed E-state index contributed by atoms with van der Waals surface area (Å²) in [5, 5.41) is 12.1. The monoisotopic (exact) mass is 192 g/mol. The molecule has 0 spiro atoms. The van der Waals surface area contributed by atoms with Crippen LogP contribution in [0, 0.1) is 0 Å². The number of aromatic nitrogens is 3. The third-order valence-corrected chi connectivity index (χ3v) is 1.06. The Balaban J connectivity index is 0.00000121. The summed E-state index contributed by atoms with van der Waals surface area (Å²) in [4.78, 5) is 13.9. The molecule has 0 amide bonds. The minimum Gasteiger partial charge on any atom is -0.480 e. The smallest absolute Gasteiger partial charge is 0.325 e. The van der Waals surface area contributed by atoms with Gasteiger partial charge in [-0.2, -0.15) is 5.10 Å². The van der Waals surface area contributed by atoms with Gasteiger partial charge in [0.1, 0.15) is 12.9 Å². The third kappa shape index (κ3) is 2.85. The molecule has 68 valence electrons. The summed E-state index contributed by atoms with van der Waals surface area (Å²) in [7, 11) is 0. The molecule has 1 aromatic heterocycles. The summed E-state index contributed by atoms with van der Waals surface area (Å²) in [6.45, 7) is 0.0552. The topological polar surface area (TPSA) is 94.0 Å². The Morgan fingerprint density at radius 3 is 2.83 bits per heavy atom. The zero-order valence-electron chi connectivity index (χ0n) is 6.17. The lowest BCUT2D eigenvalue weighted by molar-refractivity contribution is -0.137. The third-order valence-electron chi connectivity index (χ3n) is 1.06. The first-order valence-electron chi connectivity index (χ1n) is 3.02. The lowest BCUT2D eigenvalue weighted by atomic mass is 10.6. The van der Waals surface area contributed by atoms with Crippen molar-refractivity contribution in [1.82, 2.24) is 14.8 Å². The van der Waals surface area contributed by atoms with E-state index in [2.05, 4.69) is 10.1 Å². The van der Waals surface area contributed by atoms with E-state index in [1.807, 2.05) is 0 Å². The molecule has 0 aliphatic rings. The highest BCUT2D eigenvalue weighted by atomic mass is 35.5. The molecule has 1 heterocycles. The molecule has 3 N–H and O–H groups in total. The molecule has 0 aliphatic heterocycles. The van der Waals surface area contributed by atoms with E-state index in [0.29, 0.717) is 5.82 Å². The van der Waals surface area contributed by atoms with E-state index in [-0.39, 0.29) is 25.5 Å². The normalized spacial score (nSPS) is 9.08. The second kappa shape index (κ2) is 4.68. The number of halogens is 1. The number of carboxylic acid groups (broad SMARTS) is 1. The first-order valence-corrected chi connectivity index (χ1v) is 3.02. The van der Waals surface area contributed by atoms with E-state index in [4.69, 9.17) is 10.8 Å². The van der Waals surface area contributed by atoms with E-state index in [1.54, 1.807) is 0 Å². The Hall–Kier alpha value is -1.14. The van der Waals surface area contributed by atoms with Gasteiger partial charge in [0.05, 0.1) is 6.54 Å². The van der Waals surface area contributed by atoms with Crippen molar-refractivity contribution in [2.45, 2.75) is 13.1 Å². The van der Waals surface area contributed by atoms with Crippen molar-refractivity contribution in [3.8, 4) is 0 Å². The second-order valence-corrected chi connectivity index (χ2v) is 1.96. The van der Waals surface area contributed by atoms with Crippen molar-refractivity contribution in [1.29, 1.82) is 0 Å². The second-order valence-electron chi connectivity index (χ2n) is 1.96. The number of rotatable bonds is 3. The van der Waals surface area contributed by atoms with Gasteiger partial charge in [0.15, 0.2) is 5.82 Å². The SMILES string of the molecule is Cl.NCc1ncn(CC(=O)O)n1. The highest BCUT2D eigenvalue weighted by Crippen LogP contribution is 1.87. The summed E-state index contributed by atoms with van der Waals surface area (Å²) in [5.41, 5.74) is 5.21. The fourth-order valence-electron chi connectivity index (χ4n) is 0.641. The van der Waals surface area contributed by atoms with Crippen molar-refractivity contribution < 1.29 is 9.90 Å². The van der Waals surface area contributed by atoms with Crippen LogP contribution in [0.25, 0.3) is 0 Å². The van der Waals surface area contributed by atoms with Gasteiger partial charge in [0.25, 0.3) is 0 Å². The van der Waals surface area contributed by atoms with Crippen LogP contribution in [0.4, 0.5) is 0 Å². The summed E-state index contributed by atoms with van der Waals surface area (Å²) < 4.78 is 1.23. The fraction of sp³-hybridized carbons (Fsp3) is 0.400. The van der Waals surface area contributed by atoms with Crippen LogP contribution in [0.5, 0.6) is 0 Å². The predicted octanol–water partition coefficient (Wildman–Crippen LogP) is -0.757. The molecule has 0 aromatic carbocycles. The minimum absolute atomic E-state index is 0. The highest BCUT2D eigenvalue weighted by molar-refractivity contribution is 5.85.